The minimum absolute atomic E-state index is 0.0837. The van der Waals surface area contributed by atoms with E-state index in [9.17, 15) is 4.79 Å². The van der Waals surface area contributed by atoms with Gasteiger partial charge in [-0.25, -0.2) is 0 Å². The number of benzene rings is 1. The molecule has 0 unspecified atom stereocenters. The van der Waals surface area contributed by atoms with Crippen LogP contribution in [0.15, 0.2) is 24.3 Å². The van der Waals surface area contributed by atoms with Crippen LogP contribution in [0.25, 0.3) is 0 Å². The standard InChI is InChI=1S/C11H11NO/c1-3-9-6-5-7-10(8-9)11(13)12-4-2/h1,5-8H,4H2,2H3,(H,12,13). The highest BCUT2D eigenvalue weighted by molar-refractivity contribution is 5.94. The molecule has 0 aromatic heterocycles. The van der Waals surface area contributed by atoms with Crippen molar-refractivity contribution in [2.75, 3.05) is 6.54 Å². The van der Waals surface area contributed by atoms with Gasteiger partial charge in [-0.3, -0.25) is 4.79 Å². The van der Waals surface area contributed by atoms with Crippen LogP contribution in [0.3, 0.4) is 0 Å². The Kier molecular flexibility index (Phi) is 3.10. The van der Waals surface area contributed by atoms with E-state index in [-0.39, 0.29) is 5.91 Å². The van der Waals surface area contributed by atoms with E-state index in [4.69, 9.17) is 6.42 Å². The first-order chi connectivity index (χ1) is 6.27. The third-order valence-electron chi connectivity index (χ3n) is 1.63. The van der Waals surface area contributed by atoms with Crippen LogP contribution in [-0.4, -0.2) is 12.5 Å². The smallest absolute Gasteiger partial charge is 0.251 e. The lowest BCUT2D eigenvalue weighted by Crippen LogP contribution is -2.22. The lowest BCUT2D eigenvalue weighted by Gasteiger charge is -2.01. The summed E-state index contributed by atoms with van der Waals surface area (Å²) in [6, 6.07) is 7.01. The van der Waals surface area contributed by atoms with Gasteiger partial charge in [0.15, 0.2) is 0 Å². The van der Waals surface area contributed by atoms with Crippen LogP contribution in [0.1, 0.15) is 22.8 Å². The van der Waals surface area contributed by atoms with Gasteiger partial charge in [0.1, 0.15) is 0 Å². The highest BCUT2D eigenvalue weighted by atomic mass is 16.1. The number of hydrogen-bond donors (Lipinski definition) is 1. The van der Waals surface area contributed by atoms with Crippen LogP contribution in [-0.2, 0) is 0 Å². The molecule has 0 heterocycles. The maximum atomic E-state index is 11.3. The molecule has 1 amide bonds. The maximum Gasteiger partial charge on any atom is 0.251 e. The van der Waals surface area contributed by atoms with Crippen LogP contribution in [0.5, 0.6) is 0 Å². The molecule has 0 spiro atoms. The van der Waals surface area contributed by atoms with Crippen molar-refractivity contribution in [3.8, 4) is 12.3 Å². The summed E-state index contributed by atoms with van der Waals surface area (Å²) in [6.07, 6.45) is 5.21. The lowest BCUT2D eigenvalue weighted by atomic mass is 10.1. The maximum absolute atomic E-state index is 11.3. The molecule has 66 valence electrons. The highest BCUT2D eigenvalue weighted by Gasteiger charge is 2.02. The van der Waals surface area contributed by atoms with Crippen molar-refractivity contribution in [1.29, 1.82) is 0 Å². The number of carbonyl (C=O) groups is 1. The third-order valence-corrected chi connectivity index (χ3v) is 1.63. The SMILES string of the molecule is C#Cc1cccc(C(=O)NCC)c1. The van der Waals surface area contributed by atoms with E-state index in [0.29, 0.717) is 12.1 Å². The fourth-order valence-electron chi connectivity index (χ4n) is 1.01. The minimum Gasteiger partial charge on any atom is -0.352 e. The molecule has 0 atom stereocenters. The third kappa shape index (κ3) is 2.34. The molecule has 0 aliphatic rings. The molecule has 2 heteroatoms. The number of terminal acetylenes is 1. The fraction of sp³-hybridized carbons (Fsp3) is 0.182. The van der Waals surface area contributed by atoms with Crippen molar-refractivity contribution < 1.29 is 4.79 Å². The molecular formula is C11H11NO. The van der Waals surface area contributed by atoms with Crippen LogP contribution in [0.4, 0.5) is 0 Å². The van der Waals surface area contributed by atoms with Gasteiger partial charge in [-0.15, -0.1) is 6.42 Å². The molecule has 0 aliphatic carbocycles. The van der Waals surface area contributed by atoms with E-state index in [1.165, 1.54) is 0 Å². The Labute approximate surface area is 78.0 Å². The van der Waals surface area contributed by atoms with Crippen LogP contribution < -0.4 is 5.32 Å². The second-order valence-corrected chi connectivity index (χ2v) is 2.58. The molecule has 1 N–H and O–H groups in total. The Morgan fingerprint density at radius 3 is 3.00 bits per heavy atom. The minimum atomic E-state index is -0.0837. The molecule has 0 bridgehead atoms. The first-order valence-corrected chi connectivity index (χ1v) is 4.12. The molecule has 0 radical (unpaired) electrons. The van der Waals surface area contributed by atoms with Crippen molar-refractivity contribution in [1.82, 2.24) is 5.32 Å². The Balaban J connectivity index is 2.90. The Bertz CT molecular complexity index is 349. The van der Waals surface area contributed by atoms with E-state index < -0.39 is 0 Å². The van der Waals surface area contributed by atoms with Gasteiger partial charge in [0.25, 0.3) is 5.91 Å². The first-order valence-electron chi connectivity index (χ1n) is 4.12. The van der Waals surface area contributed by atoms with Crippen molar-refractivity contribution in [3.05, 3.63) is 35.4 Å². The van der Waals surface area contributed by atoms with Crippen molar-refractivity contribution in [2.24, 2.45) is 0 Å². The van der Waals surface area contributed by atoms with E-state index in [0.717, 1.165) is 5.56 Å². The summed E-state index contributed by atoms with van der Waals surface area (Å²) in [5.41, 5.74) is 1.33. The number of nitrogens with one attached hydrogen (secondary N) is 1. The number of rotatable bonds is 2. The summed E-state index contributed by atoms with van der Waals surface area (Å²) in [5, 5.41) is 2.71. The summed E-state index contributed by atoms with van der Waals surface area (Å²) >= 11 is 0. The van der Waals surface area contributed by atoms with Crippen molar-refractivity contribution in [2.45, 2.75) is 6.92 Å². The molecule has 0 saturated heterocycles. The van der Waals surface area contributed by atoms with Crippen molar-refractivity contribution in [3.63, 3.8) is 0 Å². The number of carbonyl (C=O) groups excluding carboxylic acids is 1. The average Bonchev–Trinajstić information content (AvgIpc) is 2.18. The highest BCUT2D eigenvalue weighted by Crippen LogP contribution is 2.03. The zero-order chi connectivity index (χ0) is 9.68. The molecule has 0 fully saturated rings. The van der Waals surface area contributed by atoms with Crippen molar-refractivity contribution >= 4 is 5.91 Å². The number of hydrogen-bond acceptors (Lipinski definition) is 1. The van der Waals surface area contributed by atoms with Gasteiger partial charge in [0.2, 0.25) is 0 Å². The Morgan fingerprint density at radius 2 is 2.38 bits per heavy atom. The van der Waals surface area contributed by atoms with Gasteiger partial charge < -0.3 is 5.32 Å². The Hall–Kier alpha value is -1.75. The monoisotopic (exact) mass is 173 g/mol. The second kappa shape index (κ2) is 4.32. The molecular weight excluding hydrogens is 162 g/mol. The van der Waals surface area contributed by atoms with E-state index in [2.05, 4.69) is 11.2 Å². The molecule has 0 saturated carbocycles. The van der Waals surface area contributed by atoms with E-state index in [1.807, 2.05) is 6.92 Å². The summed E-state index contributed by atoms with van der Waals surface area (Å²) < 4.78 is 0. The van der Waals surface area contributed by atoms with Gasteiger partial charge in [-0.05, 0) is 25.1 Å². The summed E-state index contributed by atoms with van der Waals surface area (Å²) in [6.45, 7) is 2.50. The van der Waals surface area contributed by atoms with Gasteiger partial charge in [-0.2, -0.15) is 0 Å². The topological polar surface area (TPSA) is 29.1 Å². The average molecular weight is 173 g/mol. The molecule has 1 aromatic carbocycles. The zero-order valence-corrected chi connectivity index (χ0v) is 7.50. The molecule has 2 nitrogen and oxygen atoms in total. The van der Waals surface area contributed by atoms with Crippen LogP contribution in [0, 0.1) is 12.3 Å². The largest absolute Gasteiger partial charge is 0.352 e. The molecule has 0 aliphatic heterocycles. The normalized spacial score (nSPS) is 8.92. The van der Waals surface area contributed by atoms with Gasteiger partial charge >= 0.3 is 0 Å². The van der Waals surface area contributed by atoms with E-state index >= 15 is 0 Å². The predicted octanol–water partition coefficient (Wildman–Crippen LogP) is 1.42. The fourth-order valence-corrected chi connectivity index (χ4v) is 1.01. The van der Waals surface area contributed by atoms with Gasteiger partial charge in [-0.1, -0.05) is 12.0 Å². The lowest BCUT2D eigenvalue weighted by molar-refractivity contribution is 0.0956. The quantitative estimate of drug-likeness (QED) is 0.673. The molecule has 13 heavy (non-hydrogen) atoms. The number of amides is 1. The first kappa shape index (κ1) is 9.34. The predicted molar refractivity (Wildman–Crippen MR) is 52.4 cm³/mol. The summed E-state index contributed by atoms with van der Waals surface area (Å²) in [5.74, 6) is 2.40. The second-order valence-electron chi connectivity index (χ2n) is 2.58. The zero-order valence-electron chi connectivity index (χ0n) is 7.50. The Morgan fingerprint density at radius 1 is 1.62 bits per heavy atom. The van der Waals surface area contributed by atoms with Crippen LogP contribution in [0.2, 0.25) is 0 Å². The molecule has 1 rings (SSSR count). The van der Waals surface area contributed by atoms with Gasteiger partial charge in [0, 0.05) is 17.7 Å². The summed E-state index contributed by atoms with van der Waals surface area (Å²) in [4.78, 5) is 11.3. The van der Waals surface area contributed by atoms with Crippen LogP contribution >= 0.6 is 0 Å². The molecule has 1 aromatic rings. The van der Waals surface area contributed by atoms with E-state index in [1.54, 1.807) is 24.3 Å². The summed E-state index contributed by atoms with van der Waals surface area (Å²) in [7, 11) is 0. The van der Waals surface area contributed by atoms with Gasteiger partial charge in [0.05, 0.1) is 0 Å².